The van der Waals surface area contributed by atoms with Crippen LogP contribution >= 0.6 is 6.19 Å². The molecule has 0 heterocycles. The van der Waals surface area contributed by atoms with Gasteiger partial charge in [-0.15, -0.1) is 0 Å². The molecule has 32 heavy (non-hydrogen) atoms. The van der Waals surface area contributed by atoms with Crippen molar-refractivity contribution in [3.05, 3.63) is 103 Å². The van der Waals surface area contributed by atoms with Gasteiger partial charge in [-0.1, -0.05) is 103 Å². The van der Waals surface area contributed by atoms with E-state index in [9.17, 15) is 8.78 Å². The van der Waals surface area contributed by atoms with Crippen LogP contribution in [0.4, 0.5) is 8.78 Å². The Morgan fingerprint density at radius 2 is 1.41 bits per heavy atom. The zero-order valence-corrected chi connectivity index (χ0v) is 19.0. The van der Waals surface area contributed by atoms with E-state index in [0.717, 1.165) is 16.0 Å². The molecule has 162 valence electrons. The lowest BCUT2D eigenvalue weighted by atomic mass is 10.0. The molecule has 4 rings (SSSR count). The Balaban J connectivity index is 1.78. The van der Waals surface area contributed by atoms with Crippen LogP contribution in [0, 0.1) is 0 Å². The molecule has 0 bridgehead atoms. The summed E-state index contributed by atoms with van der Waals surface area (Å²) in [6, 6.07) is 30.4. The van der Waals surface area contributed by atoms with Gasteiger partial charge in [-0.25, -0.2) is 0 Å². The molecular formula is C25H21F2N2OPS. The van der Waals surface area contributed by atoms with Crippen molar-refractivity contribution >= 4 is 45.1 Å². The van der Waals surface area contributed by atoms with Crippen molar-refractivity contribution in [3.63, 3.8) is 0 Å². The summed E-state index contributed by atoms with van der Waals surface area (Å²) in [7, 11) is 0. The third-order valence-corrected chi connectivity index (χ3v) is 9.02. The van der Waals surface area contributed by atoms with Crippen molar-refractivity contribution in [2.24, 2.45) is 5.10 Å². The molecule has 0 aliphatic heterocycles. The lowest BCUT2D eigenvalue weighted by molar-refractivity contribution is -0.0489. The first-order chi connectivity index (χ1) is 15.5. The lowest BCUT2D eigenvalue weighted by Gasteiger charge is -2.23. The van der Waals surface area contributed by atoms with E-state index in [1.54, 1.807) is 25.1 Å². The van der Waals surface area contributed by atoms with Crippen molar-refractivity contribution < 1.29 is 13.5 Å². The average Bonchev–Trinajstić information content (AvgIpc) is 2.83. The minimum absolute atomic E-state index is 0.105. The van der Waals surface area contributed by atoms with Crippen molar-refractivity contribution in [1.82, 2.24) is 5.20 Å². The maximum Gasteiger partial charge on any atom is 0.387 e. The molecule has 1 N–H and O–H groups in total. The number of hydrogen-bond donors (Lipinski definition) is 1. The largest absolute Gasteiger partial charge is 0.433 e. The van der Waals surface area contributed by atoms with E-state index in [0.29, 0.717) is 16.7 Å². The monoisotopic (exact) mass is 466 g/mol. The van der Waals surface area contributed by atoms with Crippen molar-refractivity contribution in [1.29, 1.82) is 0 Å². The fraction of sp³-hybridized carbons (Fsp3) is 0.0800. The maximum atomic E-state index is 13.2. The number of halogens is 2. The Hall–Kier alpha value is -3.08. The Bertz CT molecular complexity index is 1250. The van der Waals surface area contributed by atoms with Crippen LogP contribution in [0.5, 0.6) is 5.75 Å². The third-order valence-electron chi connectivity index (χ3n) is 5.07. The summed E-state index contributed by atoms with van der Waals surface area (Å²) in [4.78, 5) is 0. The molecule has 0 fully saturated rings. The van der Waals surface area contributed by atoms with Gasteiger partial charge in [-0.05, 0) is 18.4 Å². The smallest absolute Gasteiger partial charge is 0.387 e. The van der Waals surface area contributed by atoms with Crippen LogP contribution in [-0.4, -0.2) is 12.3 Å². The third kappa shape index (κ3) is 4.57. The summed E-state index contributed by atoms with van der Waals surface area (Å²) < 4.78 is 31.4. The molecule has 0 radical (unpaired) electrons. The highest BCUT2D eigenvalue weighted by Crippen LogP contribution is 2.39. The molecule has 0 aromatic heterocycles. The number of alkyl halides is 2. The quantitative estimate of drug-likeness (QED) is 0.212. The predicted molar refractivity (Wildman–Crippen MR) is 132 cm³/mol. The number of rotatable bonds is 7. The standard InChI is InChI=1S/C25H21F2N2OPS/c1-18(22-17-16-19-10-8-9-15-23(19)24(22)30-25(26)27)28-29-31(32,20-11-4-2-5-12-20)21-13-6-3-7-14-21/h2-17,25H,1H3,(H,29,32). The van der Waals surface area contributed by atoms with E-state index in [4.69, 9.17) is 16.5 Å². The van der Waals surface area contributed by atoms with Crippen LogP contribution < -0.4 is 20.5 Å². The summed E-state index contributed by atoms with van der Waals surface area (Å²) in [5.74, 6) is 0.105. The van der Waals surface area contributed by atoms with Gasteiger partial charge in [0.1, 0.15) is 11.9 Å². The molecule has 4 aromatic carbocycles. The van der Waals surface area contributed by atoms with Crippen molar-refractivity contribution in [3.8, 4) is 5.75 Å². The Kier molecular flexibility index (Phi) is 6.63. The van der Waals surface area contributed by atoms with E-state index >= 15 is 0 Å². The number of hydrogen-bond acceptors (Lipinski definition) is 3. The number of ether oxygens (including phenoxy) is 1. The lowest BCUT2D eigenvalue weighted by Crippen LogP contribution is -2.25. The summed E-state index contributed by atoms with van der Waals surface area (Å²) in [5, 5.41) is 11.1. The molecule has 0 atom stereocenters. The predicted octanol–water partition coefficient (Wildman–Crippen LogP) is 5.80. The maximum absolute atomic E-state index is 13.2. The summed E-state index contributed by atoms with van der Waals surface area (Å²) in [6.07, 6.45) is -2.48. The first kappa shape index (κ1) is 22.1. The van der Waals surface area contributed by atoms with Crippen LogP contribution in [-0.2, 0) is 11.8 Å². The van der Waals surface area contributed by atoms with Crippen LogP contribution in [0.1, 0.15) is 12.5 Å². The van der Waals surface area contributed by atoms with Gasteiger partial charge in [0.05, 0.1) is 5.71 Å². The van der Waals surface area contributed by atoms with Crippen LogP contribution in [0.2, 0.25) is 0 Å². The average molecular weight is 466 g/mol. The van der Waals surface area contributed by atoms with Gasteiger partial charge >= 0.3 is 6.61 Å². The molecule has 0 saturated heterocycles. The van der Waals surface area contributed by atoms with E-state index in [1.807, 2.05) is 78.9 Å². The first-order valence-corrected chi connectivity index (χ1v) is 12.8. The zero-order chi connectivity index (χ0) is 22.6. The summed E-state index contributed by atoms with van der Waals surface area (Å²) in [5.41, 5.74) is 0.992. The van der Waals surface area contributed by atoms with Crippen molar-refractivity contribution in [2.45, 2.75) is 13.5 Å². The van der Waals surface area contributed by atoms with Gasteiger partial charge in [-0.2, -0.15) is 13.9 Å². The van der Waals surface area contributed by atoms with E-state index in [1.165, 1.54) is 0 Å². The second kappa shape index (κ2) is 9.60. The number of hydrazone groups is 1. The fourth-order valence-corrected chi connectivity index (χ4v) is 6.35. The Morgan fingerprint density at radius 3 is 2.00 bits per heavy atom. The number of benzene rings is 4. The second-order valence-corrected chi connectivity index (χ2v) is 11.2. The molecule has 3 nitrogen and oxygen atoms in total. The van der Waals surface area contributed by atoms with Crippen LogP contribution in [0.3, 0.4) is 0 Å². The molecule has 0 saturated carbocycles. The molecule has 0 aliphatic carbocycles. The Morgan fingerprint density at radius 1 is 0.844 bits per heavy atom. The van der Waals surface area contributed by atoms with E-state index in [2.05, 4.69) is 10.3 Å². The van der Waals surface area contributed by atoms with Crippen LogP contribution in [0.15, 0.2) is 102 Å². The Labute approximate surface area is 190 Å². The second-order valence-electron chi connectivity index (χ2n) is 7.12. The molecule has 4 aromatic rings. The summed E-state index contributed by atoms with van der Waals surface area (Å²) >= 11 is 6.12. The SMILES string of the molecule is CC(=NNP(=S)(c1ccccc1)c1ccccc1)c1ccc2ccccc2c1OC(F)F. The number of nitrogens with zero attached hydrogens (tertiary/aromatic N) is 1. The van der Waals surface area contributed by atoms with Gasteiger partial charge in [-0.3, -0.25) is 5.20 Å². The summed E-state index contributed by atoms with van der Waals surface area (Å²) in [6.45, 7) is -1.19. The number of nitrogens with one attached hydrogen (secondary N) is 1. The molecule has 7 heteroatoms. The van der Waals surface area contributed by atoms with Gasteiger partial charge in [0, 0.05) is 21.6 Å². The van der Waals surface area contributed by atoms with Gasteiger partial charge in [0.25, 0.3) is 0 Å². The zero-order valence-electron chi connectivity index (χ0n) is 17.3. The van der Waals surface area contributed by atoms with Gasteiger partial charge < -0.3 is 4.74 Å². The molecular weight excluding hydrogens is 445 g/mol. The van der Waals surface area contributed by atoms with Gasteiger partial charge in [0.15, 0.2) is 0 Å². The topological polar surface area (TPSA) is 33.6 Å². The highest BCUT2D eigenvalue weighted by atomic mass is 32.4. The van der Waals surface area contributed by atoms with Gasteiger partial charge in [0.2, 0.25) is 0 Å². The highest BCUT2D eigenvalue weighted by Gasteiger charge is 2.22. The van der Waals surface area contributed by atoms with E-state index < -0.39 is 12.8 Å². The fourth-order valence-electron chi connectivity index (χ4n) is 3.49. The highest BCUT2D eigenvalue weighted by molar-refractivity contribution is 8.20. The molecule has 0 spiro atoms. The minimum atomic E-state index is -2.94. The van der Waals surface area contributed by atoms with Crippen molar-refractivity contribution in [2.75, 3.05) is 0 Å². The van der Waals surface area contributed by atoms with E-state index in [-0.39, 0.29) is 5.75 Å². The number of fused-ring (bicyclic) bond motifs is 1. The van der Waals surface area contributed by atoms with Crippen LogP contribution in [0.25, 0.3) is 10.8 Å². The normalized spacial score (nSPS) is 12.2. The first-order valence-electron chi connectivity index (χ1n) is 9.99. The minimum Gasteiger partial charge on any atom is -0.433 e. The molecule has 0 unspecified atom stereocenters. The molecule has 0 amide bonds. The molecule has 0 aliphatic rings.